The van der Waals surface area contributed by atoms with E-state index in [9.17, 15) is 19.7 Å². The number of carbonyl (C=O) groups is 2. The van der Waals surface area contributed by atoms with Crippen molar-refractivity contribution in [2.75, 3.05) is 6.54 Å². The Kier molecular flexibility index (Phi) is 4.26. The van der Waals surface area contributed by atoms with Crippen molar-refractivity contribution in [2.45, 2.75) is 18.9 Å². The van der Waals surface area contributed by atoms with Gasteiger partial charge in [0.2, 0.25) is 0 Å². The molecule has 1 aliphatic carbocycles. The molecule has 2 aromatic rings. The molecule has 1 N–H and O–H groups in total. The van der Waals surface area contributed by atoms with Crippen LogP contribution in [0.25, 0.3) is 10.6 Å². The second-order valence-electron chi connectivity index (χ2n) is 5.40. The number of non-ortho nitro benzene ring substituents is 1. The number of hydrogen-bond donors (Lipinski definition) is 1. The molecule has 3 rings (SSSR count). The maximum absolute atomic E-state index is 12.5. The van der Waals surface area contributed by atoms with Crippen molar-refractivity contribution in [1.29, 1.82) is 0 Å². The van der Waals surface area contributed by atoms with E-state index in [1.54, 1.807) is 17.5 Å². The molecule has 1 heterocycles. The number of benzene rings is 1. The number of thiazole rings is 1. The predicted octanol–water partition coefficient (Wildman–Crippen LogP) is 2.41. The molecule has 24 heavy (non-hydrogen) atoms. The van der Waals surface area contributed by atoms with Crippen molar-refractivity contribution in [3.05, 3.63) is 45.5 Å². The van der Waals surface area contributed by atoms with Gasteiger partial charge >= 0.3 is 5.97 Å². The molecule has 124 valence electrons. The van der Waals surface area contributed by atoms with E-state index >= 15 is 0 Å². The number of aromatic nitrogens is 1. The number of carboxylic acids is 1. The van der Waals surface area contributed by atoms with Crippen molar-refractivity contribution in [3.63, 3.8) is 0 Å². The van der Waals surface area contributed by atoms with Gasteiger partial charge in [-0.2, -0.15) is 0 Å². The number of nitro benzene ring substituents is 1. The van der Waals surface area contributed by atoms with Crippen molar-refractivity contribution in [3.8, 4) is 10.6 Å². The number of amides is 1. The Bertz CT molecular complexity index is 798. The Morgan fingerprint density at radius 2 is 2.00 bits per heavy atom. The number of nitrogens with zero attached hydrogens (tertiary/aromatic N) is 3. The summed E-state index contributed by atoms with van der Waals surface area (Å²) in [4.78, 5) is 39.2. The highest BCUT2D eigenvalue weighted by atomic mass is 32.1. The Hall–Kier alpha value is -2.81. The summed E-state index contributed by atoms with van der Waals surface area (Å²) in [5.74, 6) is -1.45. The fourth-order valence-electron chi connectivity index (χ4n) is 2.28. The molecule has 1 aromatic heterocycles. The van der Waals surface area contributed by atoms with Gasteiger partial charge < -0.3 is 10.0 Å². The zero-order valence-electron chi connectivity index (χ0n) is 12.4. The Balaban J connectivity index is 1.80. The number of carboxylic acid groups (broad SMARTS) is 1. The summed E-state index contributed by atoms with van der Waals surface area (Å²) in [6.45, 7) is -0.339. The first kappa shape index (κ1) is 16.1. The van der Waals surface area contributed by atoms with Crippen molar-refractivity contribution < 1.29 is 19.6 Å². The zero-order valence-corrected chi connectivity index (χ0v) is 13.2. The van der Waals surface area contributed by atoms with Gasteiger partial charge in [0.1, 0.15) is 17.2 Å². The third-order valence-corrected chi connectivity index (χ3v) is 4.49. The SMILES string of the molecule is O=C(O)CN(C(=O)c1csc(-c2ccc([N+](=O)[O-])cc2)n1)C1CC1. The van der Waals surface area contributed by atoms with E-state index in [0.29, 0.717) is 10.6 Å². The lowest BCUT2D eigenvalue weighted by atomic mass is 10.2. The molecule has 0 unspecified atom stereocenters. The highest BCUT2D eigenvalue weighted by Crippen LogP contribution is 2.30. The number of nitro groups is 1. The van der Waals surface area contributed by atoms with E-state index in [2.05, 4.69) is 4.98 Å². The summed E-state index contributed by atoms with van der Waals surface area (Å²) in [7, 11) is 0. The lowest BCUT2D eigenvalue weighted by Gasteiger charge is -2.18. The fraction of sp³-hybridized carbons (Fsp3) is 0.267. The second-order valence-corrected chi connectivity index (χ2v) is 6.26. The maximum Gasteiger partial charge on any atom is 0.323 e. The normalized spacial score (nSPS) is 13.5. The molecular weight excluding hydrogens is 334 g/mol. The van der Waals surface area contributed by atoms with Gasteiger partial charge in [-0.1, -0.05) is 0 Å². The van der Waals surface area contributed by atoms with Gasteiger partial charge in [-0.25, -0.2) is 4.98 Å². The second kappa shape index (κ2) is 6.36. The lowest BCUT2D eigenvalue weighted by Crippen LogP contribution is -2.37. The smallest absolute Gasteiger partial charge is 0.323 e. The van der Waals surface area contributed by atoms with Crippen LogP contribution in [0, 0.1) is 10.1 Å². The van der Waals surface area contributed by atoms with Crippen molar-refractivity contribution >= 4 is 28.9 Å². The summed E-state index contributed by atoms with van der Waals surface area (Å²) < 4.78 is 0. The van der Waals surface area contributed by atoms with Crippen LogP contribution in [0.1, 0.15) is 23.3 Å². The molecule has 9 heteroatoms. The molecule has 8 nitrogen and oxygen atoms in total. The maximum atomic E-state index is 12.5. The molecule has 1 fully saturated rings. The quantitative estimate of drug-likeness (QED) is 0.634. The molecular formula is C15H13N3O5S. The van der Waals surface area contributed by atoms with Crippen LogP contribution in [0.3, 0.4) is 0 Å². The van der Waals surface area contributed by atoms with E-state index in [1.807, 2.05) is 0 Å². The van der Waals surface area contributed by atoms with Gasteiger partial charge in [-0.05, 0) is 25.0 Å². The summed E-state index contributed by atoms with van der Waals surface area (Å²) in [5.41, 5.74) is 0.843. The summed E-state index contributed by atoms with van der Waals surface area (Å²) in [6.07, 6.45) is 1.61. The first-order valence-corrected chi connectivity index (χ1v) is 8.07. The largest absolute Gasteiger partial charge is 0.480 e. The van der Waals surface area contributed by atoms with Gasteiger partial charge in [0.05, 0.1) is 4.92 Å². The average Bonchev–Trinajstić information content (AvgIpc) is 3.28. The minimum absolute atomic E-state index is 0.0204. The van der Waals surface area contributed by atoms with Crippen LogP contribution >= 0.6 is 11.3 Å². The third-order valence-electron chi connectivity index (χ3n) is 3.60. The molecule has 1 amide bonds. The van der Waals surface area contributed by atoms with E-state index in [0.717, 1.165) is 12.8 Å². The molecule has 0 radical (unpaired) electrons. The van der Waals surface area contributed by atoms with Gasteiger partial charge in [-0.3, -0.25) is 19.7 Å². The minimum Gasteiger partial charge on any atom is -0.480 e. The highest BCUT2D eigenvalue weighted by molar-refractivity contribution is 7.13. The van der Waals surface area contributed by atoms with Crippen molar-refractivity contribution in [1.82, 2.24) is 9.88 Å². The van der Waals surface area contributed by atoms with Crippen LogP contribution in [0.4, 0.5) is 5.69 Å². The van der Waals surface area contributed by atoms with Crippen LogP contribution in [0.2, 0.25) is 0 Å². The molecule has 0 aliphatic heterocycles. The lowest BCUT2D eigenvalue weighted by molar-refractivity contribution is -0.384. The molecule has 0 spiro atoms. The van der Waals surface area contributed by atoms with E-state index in [4.69, 9.17) is 5.11 Å². The molecule has 1 saturated carbocycles. The summed E-state index contributed by atoms with van der Waals surface area (Å²) in [5, 5.41) is 21.7. The van der Waals surface area contributed by atoms with E-state index in [1.165, 1.54) is 28.4 Å². The first-order chi connectivity index (χ1) is 11.5. The van der Waals surface area contributed by atoms with Crippen LogP contribution in [-0.4, -0.2) is 44.4 Å². The average molecular weight is 347 g/mol. The monoisotopic (exact) mass is 347 g/mol. The number of hydrogen-bond acceptors (Lipinski definition) is 6. The molecule has 1 aliphatic rings. The first-order valence-electron chi connectivity index (χ1n) is 7.19. The van der Waals surface area contributed by atoms with Gasteiger partial charge in [0.25, 0.3) is 11.6 Å². The van der Waals surface area contributed by atoms with Crippen LogP contribution in [-0.2, 0) is 4.79 Å². The molecule has 0 bridgehead atoms. The molecule has 1 aromatic carbocycles. The number of carbonyl (C=O) groups excluding carboxylic acids is 1. The molecule has 0 atom stereocenters. The molecule has 0 saturated heterocycles. The number of rotatable bonds is 6. The predicted molar refractivity (Wildman–Crippen MR) is 85.9 cm³/mol. The Labute approximate surface area is 140 Å². The van der Waals surface area contributed by atoms with Gasteiger partial charge in [-0.15, -0.1) is 11.3 Å². The summed E-state index contributed by atoms with van der Waals surface area (Å²) >= 11 is 1.24. The third kappa shape index (κ3) is 3.40. The number of aliphatic carboxylic acids is 1. The van der Waals surface area contributed by atoms with E-state index in [-0.39, 0.29) is 24.0 Å². The van der Waals surface area contributed by atoms with Crippen molar-refractivity contribution in [2.24, 2.45) is 0 Å². The minimum atomic E-state index is -1.05. The zero-order chi connectivity index (χ0) is 17.3. The fourth-order valence-corrected chi connectivity index (χ4v) is 3.08. The standard InChI is InChI=1S/C15H13N3O5S/c19-13(20)7-17(10-5-6-10)15(21)12-8-24-14(16-12)9-1-3-11(4-2-9)18(22)23/h1-4,8,10H,5-7H2,(H,19,20). The van der Waals surface area contributed by atoms with E-state index < -0.39 is 16.8 Å². The van der Waals surface area contributed by atoms with Crippen LogP contribution in [0.15, 0.2) is 29.6 Å². The van der Waals surface area contributed by atoms with Gasteiger partial charge in [0.15, 0.2) is 0 Å². The Morgan fingerprint density at radius 3 is 2.54 bits per heavy atom. The van der Waals surface area contributed by atoms with Crippen LogP contribution in [0.5, 0.6) is 0 Å². The summed E-state index contributed by atoms with van der Waals surface area (Å²) in [6, 6.07) is 5.86. The topological polar surface area (TPSA) is 114 Å². The Morgan fingerprint density at radius 1 is 1.33 bits per heavy atom. The van der Waals surface area contributed by atoms with Gasteiger partial charge in [0, 0.05) is 29.1 Å². The highest BCUT2D eigenvalue weighted by Gasteiger charge is 2.35. The van der Waals surface area contributed by atoms with Crippen LogP contribution < -0.4 is 0 Å².